The van der Waals surface area contributed by atoms with Crippen LogP contribution in [0.4, 0.5) is 4.79 Å². The molecule has 0 bridgehead atoms. The van der Waals surface area contributed by atoms with Gasteiger partial charge in [-0.15, -0.1) is 0 Å². The molecule has 0 saturated carbocycles. The van der Waals surface area contributed by atoms with Crippen molar-refractivity contribution in [1.29, 1.82) is 0 Å². The molecule has 1 fully saturated rings. The van der Waals surface area contributed by atoms with Gasteiger partial charge in [0.25, 0.3) is 0 Å². The minimum absolute atomic E-state index is 0.0591. The molecule has 2 amide bonds. The van der Waals surface area contributed by atoms with Gasteiger partial charge in [-0.1, -0.05) is 60.5 Å². The molecular formula is C19H19NO3. The number of carbonyl (C=O) groups is 2. The van der Waals surface area contributed by atoms with Gasteiger partial charge in [0.15, 0.2) is 0 Å². The van der Waals surface area contributed by atoms with E-state index in [1.165, 1.54) is 0 Å². The zero-order chi connectivity index (χ0) is 20.4. The van der Waals surface area contributed by atoms with Crippen LogP contribution in [0.2, 0.25) is 0 Å². The van der Waals surface area contributed by atoms with Crippen LogP contribution in [-0.2, 0) is 22.4 Å². The first-order chi connectivity index (χ1) is 13.3. The Morgan fingerprint density at radius 1 is 1.17 bits per heavy atom. The van der Waals surface area contributed by atoms with E-state index in [9.17, 15) is 9.59 Å². The molecule has 2 aromatic rings. The van der Waals surface area contributed by atoms with Crippen molar-refractivity contribution >= 4 is 12.0 Å². The number of imide groups is 1. The molecule has 0 N–H and O–H groups in total. The Bertz CT molecular complexity index is 891. The second kappa shape index (κ2) is 7.09. The molecule has 0 aliphatic carbocycles. The van der Waals surface area contributed by atoms with E-state index < -0.39 is 36.2 Å². The molecule has 0 aromatic heterocycles. The van der Waals surface area contributed by atoms with Gasteiger partial charge < -0.3 is 4.74 Å². The van der Waals surface area contributed by atoms with E-state index in [1.54, 1.807) is 0 Å². The average Bonchev–Trinajstić information content (AvgIpc) is 3.05. The highest BCUT2D eigenvalue weighted by atomic mass is 16.6. The topological polar surface area (TPSA) is 46.6 Å². The maximum Gasteiger partial charge on any atom is 0.416 e. The van der Waals surface area contributed by atoms with Crippen LogP contribution in [0.3, 0.4) is 0 Å². The summed E-state index contributed by atoms with van der Waals surface area (Å²) in [5, 5.41) is 0. The van der Waals surface area contributed by atoms with Crippen LogP contribution in [-0.4, -0.2) is 29.5 Å². The zero-order valence-electron chi connectivity index (χ0n) is 17.5. The minimum atomic E-state index is -0.716. The van der Waals surface area contributed by atoms with Gasteiger partial charge in [0, 0.05) is 6.42 Å². The molecular weight excluding hydrogens is 290 g/mol. The number of hydrogen-bond acceptors (Lipinski definition) is 3. The van der Waals surface area contributed by atoms with Crippen LogP contribution in [0.5, 0.6) is 0 Å². The standard InChI is InChI=1S/C19H19NO3/c21-18(12-11-15-7-3-1-4-8-15)20-17(14-23-19(20)22)13-16-9-5-2-6-10-16/h1-10,17H,11-14H2/t17-/m0/s1/i1D,3D,4D,7D,8D. The van der Waals surface area contributed by atoms with Crippen molar-refractivity contribution in [2.45, 2.75) is 25.3 Å². The normalized spacial score (nSPS) is 20.2. The summed E-state index contributed by atoms with van der Waals surface area (Å²) in [4.78, 5) is 25.8. The van der Waals surface area contributed by atoms with E-state index >= 15 is 0 Å². The lowest BCUT2D eigenvalue weighted by Crippen LogP contribution is -2.40. The fraction of sp³-hybridized carbons (Fsp3) is 0.263. The summed E-state index contributed by atoms with van der Waals surface area (Å²) < 4.78 is 43.9. The highest BCUT2D eigenvalue weighted by Crippen LogP contribution is 2.19. The number of carbonyl (C=O) groups excluding carboxylic acids is 2. The smallest absolute Gasteiger partial charge is 0.416 e. The number of hydrogen-bond donors (Lipinski definition) is 0. The number of cyclic esters (lactones) is 1. The van der Waals surface area contributed by atoms with Gasteiger partial charge in [-0.05, 0) is 24.0 Å². The lowest BCUT2D eigenvalue weighted by atomic mass is 10.0. The summed E-state index contributed by atoms with van der Waals surface area (Å²) in [5.74, 6) is -0.491. The van der Waals surface area contributed by atoms with Gasteiger partial charge in [-0.3, -0.25) is 4.79 Å². The number of rotatable bonds is 5. The Kier molecular flexibility index (Phi) is 3.15. The molecule has 1 saturated heterocycles. The predicted molar refractivity (Wildman–Crippen MR) is 86.9 cm³/mol. The summed E-state index contributed by atoms with van der Waals surface area (Å²) >= 11 is 0. The molecule has 3 rings (SSSR count). The first-order valence-electron chi connectivity index (χ1n) is 9.89. The lowest BCUT2D eigenvalue weighted by molar-refractivity contribution is -0.129. The number of ether oxygens (including phenoxy) is 1. The fourth-order valence-corrected chi connectivity index (χ4v) is 2.56. The van der Waals surface area contributed by atoms with Crippen LogP contribution in [0.15, 0.2) is 60.5 Å². The van der Waals surface area contributed by atoms with Gasteiger partial charge in [0.2, 0.25) is 5.91 Å². The van der Waals surface area contributed by atoms with E-state index in [4.69, 9.17) is 11.6 Å². The summed E-state index contributed by atoms with van der Waals surface area (Å²) in [6.07, 6.45) is -0.468. The molecule has 0 spiro atoms. The number of benzene rings is 2. The van der Waals surface area contributed by atoms with Crippen molar-refractivity contribution in [3.05, 3.63) is 71.7 Å². The molecule has 23 heavy (non-hydrogen) atoms. The van der Waals surface area contributed by atoms with Gasteiger partial charge in [0.1, 0.15) is 6.61 Å². The molecule has 1 aliphatic rings. The molecule has 2 aromatic carbocycles. The van der Waals surface area contributed by atoms with Crippen molar-refractivity contribution in [3.8, 4) is 0 Å². The molecule has 0 radical (unpaired) electrons. The molecule has 4 heteroatoms. The molecule has 0 unspecified atom stereocenters. The third-order valence-electron chi connectivity index (χ3n) is 3.68. The van der Waals surface area contributed by atoms with E-state index in [2.05, 4.69) is 0 Å². The maximum atomic E-state index is 12.7. The Morgan fingerprint density at radius 3 is 2.65 bits per heavy atom. The molecule has 1 atom stereocenters. The van der Waals surface area contributed by atoms with E-state index in [0.717, 1.165) is 10.5 Å². The molecule has 1 aliphatic heterocycles. The van der Waals surface area contributed by atoms with Crippen LogP contribution >= 0.6 is 0 Å². The first-order valence-corrected chi connectivity index (χ1v) is 7.39. The van der Waals surface area contributed by atoms with E-state index in [1.807, 2.05) is 30.3 Å². The van der Waals surface area contributed by atoms with Gasteiger partial charge >= 0.3 is 6.09 Å². The highest BCUT2D eigenvalue weighted by Gasteiger charge is 2.37. The van der Waals surface area contributed by atoms with Gasteiger partial charge in [-0.25, -0.2) is 9.69 Å². The third kappa shape index (κ3) is 3.77. The second-order valence-electron chi connectivity index (χ2n) is 5.29. The molecule has 4 nitrogen and oxygen atoms in total. The number of nitrogens with zero attached hydrogens (tertiary/aromatic N) is 1. The van der Waals surface area contributed by atoms with Crippen molar-refractivity contribution in [2.24, 2.45) is 0 Å². The minimum Gasteiger partial charge on any atom is -0.447 e. The monoisotopic (exact) mass is 314 g/mol. The Labute approximate surface area is 142 Å². The van der Waals surface area contributed by atoms with Crippen LogP contribution in [0.1, 0.15) is 24.4 Å². The quantitative estimate of drug-likeness (QED) is 0.851. The lowest BCUT2D eigenvalue weighted by Gasteiger charge is -2.19. The van der Waals surface area contributed by atoms with Gasteiger partial charge in [0.05, 0.1) is 12.9 Å². The second-order valence-corrected chi connectivity index (χ2v) is 5.29. The Balaban J connectivity index is 1.74. The zero-order valence-corrected chi connectivity index (χ0v) is 12.5. The summed E-state index contributed by atoms with van der Waals surface area (Å²) in [5.41, 5.74) is 1.03. The predicted octanol–water partition coefficient (Wildman–Crippen LogP) is 3.21. The van der Waals surface area contributed by atoms with Crippen molar-refractivity contribution in [1.82, 2.24) is 4.90 Å². The van der Waals surface area contributed by atoms with Gasteiger partial charge in [-0.2, -0.15) is 0 Å². The third-order valence-corrected chi connectivity index (χ3v) is 3.68. The number of amides is 2. The largest absolute Gasteiger partial charge is 0.447 e. The summed E-state index contributed by atoms with van der Waals surface area (Å²) in [7, 11) is 0. The Hall–Kier alpha value is -2.62. The summed E-state index contributed by atoms with van der Waals surface area (Å²) in [6, 6.07) is 6.98. The average molecular weight is 314 g/mol. The summed E-state index contributed by atoms with van der Waals surface area (Å²) in [6.45, 7) is 0.105. The Morgan fingerprint density at radius 2 is 1.91 bits per heavy atom. The maximum absolute atomic E-state index is 12.7. The highest BCUT2D eigenvalue weighted by molar-refractivity contribution is 5.93. The van der Waals surface area contributed by atoms with Crippen LogP contribution < -0.4 is 0 Å². The first kappa shape index (κ1) is 10.2. The van der Waals surface area contributed by atoms with Crippen molar-refractivity contribution in [2.75, 3.05) is 6.61 Å². The van der Waals surface area contributed by atoms with Crippen LogP contribution in [0, 0.1) is 0 Å². The van der Waals surface area contributed by atoms with E-state index in [0.29, 0.717) is 6.42 Å². The SMILES string of the molecule is [2H]c1c([2H])c([2H])c(CCC(=O)N2C(=O)OC[C@@H]2Cc2ccccc2)c([2H])c1[2H]. The van der Waals surface area contributed by atoms with Crippen molar-refractivity contribution in [3.63, 3.8) is 0 Å². The fourth-order valence-electron chi connectivity index (χ4n) is 2.56. The molecule has 1 heterocycles. The van der Waals surface area contributed by atoms with Crippen molar-refractivity contribution < 1.29 is 21.2 Å². The van der Waals surface area contributed by atoms with Crippen LogP contribution in [0.25, 0.3) is 0 Å². The van der Waals surface area contributed by atoms with E-state index in [-0.39, 0.29) is 37.1 Å². The molecule has 118 valence electrons.